The van der Waals surface area contributed by atoms with Crippen molar-refractivity contribution in [2.75, 3.05) is 18.5 Å². The molecule has 0 saturated carbocycles. The zero-order valence-corrected chi connectivity index (χ0v) is 11.9. The van der Waals surface area contributed by atoms with Crippen molar-refractivity contribution in [3.63, 3.8) is 0 Å². The maximum Gasteiger partial charge on any atom is 0.148 e. The molecule has 0 amide bonds. The van der Waals surface area contributed by atoms with Crippen LogP contribution >= 0.6 is 0 Å². The second-order valence-corrected chi connectivity index (χ2v) is 5.35. The zero-order chi connectivity index (χ0) is 13.8. The van der Waals surface area contributed by atoms with Crippen LogP contribution in [-0.2, 0) is 4.74 Å². The van der Waals surface area contributed by atoms with Gasteiger partial charge in [0.25, 0.3) is 0 Å². The van der Waals surface area contributed by atoms with Gasteiger partial charge in [-0.15, -0.1) is 0 Å². The van der Waals surface area contributed by atoms with Crippen molar-refractivity contribution in [3.8, 4) is 0 Å². The summed E-state index contributed by atoms with van der Waals surface area (Å²) >= 11 is 0. The van der Waals surface area contributed by atoms with Crippen molar-refractivity contribution >= 4 is 16.9 Å². The minimum absolute atomic E-state index is 0.407. The van der Waals surface area contributed by atoms with Gasteiger partial charge in [-0.2, -0.15) is 0 Å². The quantitative estimate of drug-likeness (QED) is 0.926. The summed E-state index contributed by atoms with van der Waals surface area (Å²) in [6.45, 7) is 3.80. The monoisotopic (exact) mass is 271 g/mol. The summed E-state index contributed by atoms with van der Waals surface area (Å²) in [6, 6.07) is 7.97. The van der Waals surface area contributed by atoms with Gasteiger partial charge in [-0.05, 0) is 44.7 Å². The molecular weight excluding hydrogens is 250 g/mol. The Bertz CT molecular complexity index is 579. The average molecular weight is 271 g/mol. The molecule has 2 aromatic rings. The maximum atomic E-state index is 5.74. The Balaban J connectivity index is 1.63. The molecule has 20 heavy (non-hydrogen) atoms. The highest BCUT2D eigenvalue weighted by molar-refractivity contribution is 5.76. The molecule has 106 valence electrons. The van der Waals surface area contributed by atoms with E-state index in [1.165, 1.54) is 19.3 Å². The standard InChI is InChI=1S/C16H21N3O/c1-12-16(17-10-9-13-6-4-5-11-20-13)19-15-8-3-2-7-14(15)18-12/h2-3,7-8,13H,4-6,9-11H2,1H3,(H,17,19). The molecule has 1 unspecified atom stereocenters. The number of ether oxygens (including phenoxy) is 1. The second kappa shape index (κ2) is 6.18. The van der Waals surface area contributed by atoms with Gasteiger partial charge >= 0.3 is 0 Å². The summed E-state index contributed by atoms with van der Waals surface area (Å²) in [7, 11) is 0. The van der Waals surface area contributed by atoms with Crippen LogP contribution in [0.15, 0.2) is 24.3 Å². The largest absolute Gasteiger partial charge is 0.378 e. The van der Waals surface area contributed by atoms with Crippen molar-refractivity contribution in [2.24, 2.45) is 0 Å². The normalized spacial score (nSPS) is 19.1. The lowest BCUT2D eigenvalue weighted by Gasteiger charge is -2.22. The number of nitrogens with zero attached hydrogens (tertiary/aromatic N) is 2. The van der Waals surface area contributed by atoms with E-state index in [1.54, 1.807) is 0 Å². The zero-order valence-electron chi connectivity index (χ0n) is 11.9. The van der Waals surface area contributed by atoms with E-state index in [0.29, 0.717) is 6.10 Å². The Morgan fingerprint density at radius 1 is 1.20 bits per heavy atom. The molecule has 1 aliphatic rings. The van der Waals surface area contributed by atoms with Gasteiger partial charge in [-0.3, -0.25) is 0 Å². The summed E-state index contributed by atoms with van der Waals surface area (Å²) in [4.78, 5) is 9.23. The van der Waals surface area contributed by atoms with E-state index in [-0.39, 0.29) is 0 Å². The van der Waals surface area contributed by atoms with Crippen LogP contribution in [0.25, 0.3) is 11.0 Å². The Kier molecular flexibility index (Phi) is 4.11. The summed E-state index contributed by atoms with van der Waals surface area (Å²) < 4.78 is 5.74. The van der Waals surface area contributed by atoms with Gasteiger partial charge < -0.3 is 10.1 Å². The van der Waals surface area contributed by atoms with E-state index in [2.05, 4.69) is 15.3 Å². The Morgan fingerprint density at radius 2 is 2.00 bits per heavy atom. The van der Waals surface area contributed by atoms with Crippen molar-refractivity contribution in [3.05, 3.63) is 30.0 Å². The number of hydrogen-bond donors (Lipinski definition) is 1. The van der Waals surface area contributed by atoms with Crippen LogP contribution in [0.3, 0.4) is 0 Å². The molecule has 1 aliphatic heterocycles. The lowest BCUT2D eigenvalue weighted by atomic mass is 10.1. The fourth-order valence-corrected chi connectivity index (χ4v) is 2.64. The number of para-hydroxylation sites is 2. The number of aryl methyl sites for hydroxylation is 1. The molecule has 1 fully saturated rings. The third-order valence-corrected chi connectivity index (χ3v) is 3.78. The van der Waals surface area contributed by atoms with Crippen molar-refractivity contribution in [1.82, 2.24) is 9.97 Å². The summed E-state index contributed by atoms with van der Waals surface area (Å²) in [5.74, 6) is 0.888. The topological polar surface area (TPSA) is 47.0 Å². The Hall–Kier alpha value is -1.68. The first kappa shape index (κ1) is 13.3. The first-order valence-electron chi connectivity index (χ1n) is 7.42. The Labute approximate surface area is 119 Å². The van der Waals surface area contributed by atoms with E-state index in [1.807, 2.05) is 31.2 Å². The molecule has 4 nitrogen and oxygen atoms in total. The molecule has 1 saturated heterocycles. The molecule has 0 bridgehead atoms. The average Bonchev–Trinajstić information content (AvgIpc) is 2.49. The summed E-state index contributed by atoms with van der Waals surface area (Å²) in [6.07, 6.45) is 5.13. The highest BCUT2D eigenvalue weighted by Gasteiger charge is 2.13. The molecular formula is C16H21N3O. The number of benzene rings is 1. The van der Waals surface area contributed by atoms with E-state index in [4.69, 9.17) is 4.74 Å². The van der Waals surface area contributed by atoms with E-state index in [9.17, 15) is 0 Å². The number of anilines is 1. The van der Waals surface area contributed by atoms with Gasteiger partial charge in [-0.25, -0.2) is 9.97 Å². The molecule has 0 spiro atoms. The summed E-state index contributed by atoms with van der Waals surface area (Å²) in [5, 5.41) is 3.40. The van der Waals surface area contributed by atoms with Gasteiger partial charge in [-0.1, -0.05) is 12.1 Å². The lowest BCUT2D eigenvalue weighted by molar-refractivity contribution is 0.0134. The van der Waals surface area contributed by atoms with Crippen molar-refractivity contribution < 1.29 is 4.74 Å². The fraction of sp³-hybridized carbons (Fsp3) is 0.500. The fourth-order valence-electron chi connectivity index (χ4n) is 2.64. The van der Waals surface area contributed by atoms with Crippen LogP contribution in [0.5, 0.6) is 0 Å². The van der Waals surface area contributed by atoms with Crippen LogP contribution in [-0.4, -0.2) is 29.2 Å². The maximum absolute atomic E-state index is 5.74. The molecule has 2 heterocycles. The number of fused-ring (bicyclic) bond motifs is 1. The van der Waals surface area contributed by atoms with Crippen LogP contribution < -0.4 is 5.32 Å². The molecule has 1 N–H and O–H groups in total. The molecule has 4 heteroatoms. The molecule has 0 aliphatic carbocycles. The SMILES string of the molecule is Cc1nc2ccccc2nc1NCCC1CCCCO1. The molecule has 1 aromatic carbocycles. The number of rotatable bonds is 4. The predicted molar refractivity (Wildman–Crippen MR) is 81.0 cm³/mol. The summed E-state index contributed by atoms with van der Waals surface area (Å²) in [5.41, 5.74) is 2.84. The van der Waals surface area contributed by atoms with E-state index >= 15 is 0 Å². The Morgan fingerprint density at radius 3 is 2.75 bits per heavy atom. The third-order valence-electron chi connectivity index (χ3n) is 3.78. The molecule has 1 aromatic heterocycles. The van der Waals surface area contributed by atoms with E-state index < -0.39 is 0 Å². The van der Waals surface area contributed by atoms with Gasteiger partial charge in [0.2, 0.25) is 0 Å². The van der Waals surface area contributed by atoms with Crippen molar-refractivity contribution in [1.29, 1.82) is 0 Å². The van der Waals surface area contributed by atoms with Crippen LogP contribution in [0, 0.1) is 6.92 Å². The van der Waals surface area contributed by atoms with Crippen LogP contribution in [0.2, 0.25) is 0 Å². The number of nitrogens with one attached hydrogen (secondary N) is 1. The van der Waals surface area contributed by atoms with Crippen molar-refractivity contribution in [2.45, 2.75) is 38.7 Å². The number of hydrogen-bond acceptors (Lipinski definition) is 4. The van der Waals surface area contributed by atoms with Crippen LogP contribution in [0.4, 0.5) is 5.82 Å². The van der Waals surface area contributed by atoms with E-state index in [0.717, 1.165) is 42.1 Å². The minimum atomic E-state index is 0.407. The van der Waals surface area contributed by atoms with Gasteiger partial charge in [0.05, 0.1) is 22.8 Å². The highest BCUT2D eigenvalue weighted by Crippen LogP contribution is 2.18. The van der Waals surface area contributed by atoms with Gasteiger partial charge in [0.15, 0.2) is 0 Å². The lowest BCUT2D eigenvalue weighted by Crippen LogP contribution is -2.22. The predicted octanol–water partition coefficient (Wildman–Crippen LogP) is 3.31. The number of aromatic nitrogens is 2. The smallest absolute Gasteiger partial charge is 0.148 e. The highest BCUT2D eigenvalue weighted by atomic mass is 16.5. The third kappa shape index (κ3) is 3.07. The second-order valence-electron chi connectivity index (χ2n) is 5.35. The molecule has 1 atom stereocenters. The van der Waals surface area contributed by atoms with Gasteiger partial charge in [0, 0.05) is 13.2 Å². The molecule has 0 radical (unpaired) electrons. The first-order chi connectivity index (χ1) is 9.83. The van der Waals surface area contributed by atoms with Crippen LogP contribution in [0.1, 0.15) is 31.4 Å². The minimum Gasteiger partial charge on any atom is -0.378 e. The molecule has 3 rings (SSSR count). The first-order valence-corrected chi connectivity index (χ1v) is 7.42. The van der Waals surface area contributed by atoms with Gasteiger partial charge in [0.1, 0.15) is 5.82 Å².